The quantitative estimate of drug-likeness (QED) is 0.0453. The fourth-order valence-electron chi connectivity index (χ4n) is 8.47. The summed E-state index contributed by atoms with van der Waals surface area (Å²) < 4.78 is 19.0. The Morgan fingerprint density at radius 1 is 0.912 bits per heavy atom. The summed E-state index contributed by atoms with van der Waals surface area (Å²) in [6.07, 6.45) is 3.71. The first kappa shape index (κ1) is 47.5. The number of nitrogens with one attached hydrogen (secondary N) is 3. The number of piperidine rings is 1. The SMILES string of the molecule is COc1cc(N=Nc2cccc3c2CN(C2CCC(=O)NC2=O)C3=O)cc(OC)c1OCC(=O)NCCCCCCNC(=O)C[C@@H]1N=C(c2ccc(Cl)cc2)c2c(sc(C)c2C)-n2c(C)nnc21. The van der Waals surface area contributed by atoms with Crippen LogP contribution in [-0.4, -0.2) is 94.9 Å². The van der Waals surface area contributed by atoms with E-state index < -0.39 is 18.0 Å². The van der Waals surface area contributed by atoms with Crippen molar-refractivity contribution < 1.29 is 38.2 Å². The number of imide groups is 1. The molecule has 3 N–H and O–H groups in total. The van der Waals surface area contributed by atoms with Gasteiger partial charge in [-0.15, -0.1) is 21.5 Å². The lowest BCUT2D eigenvalue weighted by Gasteiger charge is -2.29. The molecule has 3 aromatic carbocycles. The molecular weight excluding hydrogens is 912 g/mol. The van der Waals surface area contributed by atoms with Gasteiger partial charge < -0.3 is 29.7 Å². The van der Waals surface area contributed by atoms with Crippen LogP contribution >= 0.6 is 22.9 Å². The van der Waals surface area contributed by atoms with Crippen molar-refractivity contribution in [1.82, 2.24) is 35.6 Å². The van der Waals surface area contributed by atoms with E-state index in [1.807, 2.05) is 35.8 Å². The maximum Gasteiger partial charge on any atom is 0.257 e. The number of benzene rings is 3. The molecule has 1 saturated heterocycles. The third-order valence-electron chi connectivity index (χ3n) is 12.1. The Kier molecular flexibility index (Phi) is 14.6. The highest BCUT2D eigenvalue weighted by Crippen LogP contribution is 2.43. The van der Waals surface area contributed by atoms with E-state index in [1.54, 1.807) is 41.7 Å². The lowest BCUT2D eigenvalue weighted by molar-refractivity contribution is -0.137. The molecule has 68 heavy (non-hydrogen) atoms. The molecule has 2 aromatic heterocycles. The standard InChI is InChI=1S/C48H51ClN10O8S/c1-26-27(2)68-48-42(26)43(29-13-15-30(49)16-14-29)52-35(45-57-54-28(3)59(45)48)23-40(61)50-19-8-6-7-9-20-51-41(62)25-67-44-37(65-4)21-31(22-38(44)66-5)55-56-34-12-10-11-32-33(34)24-58(47(32)64)36-17-18-39(60)53-46(36)63/h10-16,21-22,35-36H,6-9,17-20,23-25H2,1-5H3,(H,50,61)(H,51,62)(H,53,60,63)/t35-,36?/m0/s1. The summed E-state index contributed by atoms with van der Waals surface area (Å²) in [6, 6.07) is 14.5. The Labute approximate surface area is 401 Å². The van der Waals surface area contributed by atoms with Gasteiger partial charge in [-0.25, -0.2) is 0 Å². The van der Waals surface area contributed by atoms with Gasteiger partial charge >= 0.3 is 0 Å². The second kappa shape index (κ2) is 20.9. The smallest absolute Gasteiger partial charge is 0.257 e. The highest BCUT2D eigenvalue weighted by molar-refractivity contribution is 7.15. The van der Waals surface area contributed by atoms with E-state index >= 15 is 0 Å². The molecule has 3 aliphatic heterocycles. The molecule has 3 aliphatic rings. The van der Waals surface area contributed by atoms with Crippen molar-refractivity contribution in [1.29, 1.82) is 0 Å². The molecule has 0 aliphatic carbocycles. The third kappa shape index (κ3) is 10.1. The number of hydrogen-bond donors (Lipinski definition) is 3. The van der Waals surface area contributed by atoms with Crippen LogP contribution in [-0.2, 0) is 25.7 Å². The predicted octanol–water partition coefficient (Wildman–Crippen LogP) is 7.26. The number of methoxy groups -OCH3 is 2. The van der Waals surface area contributed by atoms with E-state index in [9.17, 15) is 24.0 Å². The highest BCUT2D eigenvalue weighted by atomic mass is 35.5. The van der Waals surface area contributed by atoms with Crippen molar-refractivity contribution in [2.75, 3.05) is 33.9 Å². The Morgan fingerprint density at radius 3 is 2.31 bits per heavy atom. The fraction of sp³-hybridized carbons (Fsp3) is 0.375. The number of aromatic nitrogens is 3. The van der Waals surface area contributed by atoms with Gasteiger partial charge in [0.2, 0.25) is 23.5 Å². The molecule has 5 aromatic rings. The summed E-state index contributed by atoms with van der Waals surface area (Å²) >= 11 is 7.90. The normalized spacial score (nSPS) is 16.4. The van der Waals surface area contributed by atoms with E-state index in [0.29, 0.717) is 46.4 Å². The number of halogens is 1. The van der Waals surface area contributed by atoms with Gasteiger partial charge in [0.1, 0.15) is 22.9 Å². The summed E-state index contributed by atoms with van der Waals surface area (Å²) in [5, 5.41) is 27.5. The van der Waals surface area contributed by atoms with Crippen LogP contribution in [0.5, 0.6) is 17.2 Å². The zero-order valence-corrected chi connectivity index (χ0v) is 39.9. The maximum absolute atomic E-state index is 13.4. The van der Waals surface area contributed by atoms with Gasteiger partial charge in [0.15, 0.2) is 23.9 Å². The minimum Gasteiger partial charge on any atom is -0.493 e. The monoisotopic (exact) mass is 962 g/mol. The number of rotatable bonds is 18. The number of fused-ring (bicyclic) bond motifs is 4. The zero-order chi connectivity index (χ0) is 48.1. The topological polar surface area (TPSA) is 220 Å². The summed E-state index contributed by atoms with van der Waals surface area (Å²) in [6.45, 7) is 6.90. The summed E-state index contributed by atoms with van der Waals surface area (Å²) in [5.74, 6) is 0.484. The third-order valence-corrected chi connectivity index (χ3v) is 13.6. The number of azo groups is 1. The molecule has 0 saturated carbocycles. The van der Waals surface area contributed by atoms with E-state index in [-0.39, 0.29) is 73.3 Å². The van der Waals surface area contributed by atoms with E-state index in [1.165, 1.54) is 24.0 Å². The van der Waals surface area contributed by atoms with Crippen LogP contribution in [0.4, 0.5) is 11.4 Å². The summed E-state index contributed by atoms with van der Waals surface area (Å²) in [7, 11) is 2.90. The van der Waals surface area contributed by atoms with E-state index in [4.69, 9.17) is 30.8 Å². The van der Waals surface area contributed by atoms with Crippen LogP contribution in [0.3, 0.4) is 0 Å². The first-order valence-corrected chi connectivity index (χ1v) is 23.5. The van der Waals surface area contributed by atoms with Crippen LogP contribution in [0.2, 0.25) is 5.02 Å². The van der Waals surface area contributed by atoms with Gasteiger partial charge in [0.05, 0.1) is 37.7 Å². The molecule has 1 unspecified atom stereocenters. The molecule has 5 amide bonds. The van der Waals surface area contributed by atoms with Gasteiger partial charge in [-0.3, -0.25) is 38.8 Å². The van der Waals surface area contributed by atoms with Crippen LogP contribution in [0, 0.1) is 20.8 Å². The van der Waals surface area contributed by atoms with Crippen molar-refractivity contribution >= 4 is 69.6 Å². The van der Waals surface area contributed by atoms with Crippen LogP contribution < -0.4 is 30.2 Å². The van der Waals surface area contributed by atoms with Crippen LogP contribution in [0.15, 0.2) is 69.8 Å². The fourth-order valence-corrected chi connectivity index (χ4v) is 9.81. The van der Waals surface area contributed by atoms with Crippen molar-refractivity contribution in [3.05, 3.63) is 104 Å². The van der Waals surface area contributed by atoms with Gasteiger partial charge in [0, 0.05) is 70.3 Å². The van der Waals surface area contributed by atoms with Crippen LogP contribution in [0.1, 0.15) is 100 Å². The summed E-state index contributed by atoms with van der Waals surface area (Å²) in [4.78, 5) is 71.4. The first-order valence-electron chi connectivity index (χ1n) is 22.3. The zero-order valence-electron chi connectivity index (χ0n) is 38.3. The number of ether oxygens (including phenoxy) is 3. The van der Waals surface area contributed by atoms with Gasteiger partial charge in [-0.2, -0.15) is 10.2 Å². The first-order chi connectivity index (χ1) is 32.8. The number of nitrogens with zero attached hydrogens (tertiary/aromatic N) is 7. The molecule has 0 radical (unpaired) electrons. The van der Waals surface area contributed by atoms with Crippen molar-refractivity contribution in [2.24, 2.45) is 15.2 Å². The second-order valence-electron chi connectivity index (χ2n) is 16.6. The van der Waals surface area contributed by atoms with E-state index in [2.05, 4.69) is 50.2 Å². The van der Waals surface area contributed by atoms with Gasteiger partial charge in [0.25, 0.3) is 11.8 Å². The minimum absolute atomic E-state index is 0.110. The largest absolute Gasteiger partial charge is 0.493 e. The maximum atomic E-state index is 13.4. The summed E-state index contributed by atoms with van der Waals surface area (Å²) in [5.41, 5.74) is 5.68. The van der Waals surface area contributed by atoms with Crippen LogP contribution in [0.25, 0.3) is 5.00 Å². The highest BCUT2D eigenvalue weighted by Gasteiger charge is 2.40. The van der Waals surface area contributed by atoms with Gasteiger partial charge in [-0.1, -0.05) is 42.6 Å². The number of aliphatic imine (C=N–C) groups is 1. The predicted molar refractivity (Wildman–Crippen MR) is 254 cm³/mol. The molecule has 0 spiro atoms. The Bertz CT molecular complexity index is 2810. The van der Waals surface area contributed by atoms with Crippen molar-refractivity contribution in [3.8, 4) is 22.2 Å². The number of carbonyl (C=O) groups excluding carboxylic acids is 5. The van der Waals surface area contributed by atoms with Gasteiger partial charge in [-0.05, 0) is 69.9 Å². The molecule has 1 fully saturated rings. The van der Waals surface area contributed by atoms with E-state index in [0.717, 1.165) is 58.9 Å². The number of aryl methyl sites for hydroxylation is 2. The number of unbranched alkanes of at least 4 members (excludes halogenated alkanes) is 3. The Hall–Kier alpha value is -6.99. The number of hydrogen-bond acceptors (Lipinski definition) is 14. The average molecular weight is 964 g/mol. The molecule has 2 atom stereocenters. The Balaban J connectivity index is 0.785. The Morgan fingerprint density at radius 2 is 1.62 bits per heavy atom. The molecule has 5 heterocycles. The number of amides is 5. The van der Waals surface area contributed by atoms with Crippen molar-refractivity contribution in [2.45, 2.75) is 84.3 Å². The number of carbonyl (C=O) groups is 5. The molecular formula is C48H51ClN10O8S. The number of thiophene rings is 1. The molecule has 8 rings (SSSR count). The lowest BCUT2D eigenvalue weighted by atomic mass is 9.99. The molecule has 18 nitrogen and oxygen atoms in total. The molecule has 0 bridgehead atoms. The minimum atomic E-state index is -0.753. The molecule has 20 heteroatoms. The lowest BCUT2D eigenvalue weighted by Crippen LogP contribution is -2.52. The van der Waals surface area contributed by atoms with Crippen molar-refractivity contribution in [3.63, 3.8) is 0 Å². The second-order valence-corrected chi connectivity index (χ2v) is 18.2. The average Bonchev–Trinajstić information content (AvgIpc) is 3.94. The molecule has 354 valence electrons.